The van der Waals surface area contributed by atoms with E-state index in [1.165, 1.54) is 6.92 Å². The summed E-state index contributed by atoms with van der Waals surface area (Å²) in [5.74, 6) is -2.19. The maximum atomic E-state index is 13.8. The maximum absolute atomic E-state index is 13.8. The number of halogens is 1. The predicted molar refractivity (Wildman–Crippen MR) is 75.3 cm³/mol. The number of sulfonamides is 1. The van der Waals surface area contributed by atoms with Crippen molar-refractivity contribution in [3.63, 3.8) is 0 Å². The topological polar surface area (TPSA) is 83.5 Å². The van der Waals surface area contributed by atoms with Crippen LogP contribution < -0.4 is 4.72 Å². The lowest BCUT2D eigenvalue weighted by Gasteiger charge is -2.23. The van der Waals surface area contributed by atoms with E-state index in [0.717, 1.165) is 44.2 Å². The maximum Gasteiger partial charge on any atom is 0.335 e. The normalized spacial score (nSPS) is 16.9. The van der Waals surface area contributed by atoms with Crippen LogP contribution in [0.25, 0.3) is 0 Å². The minimum Gasteiger partial charge on any atom is -0.478 e. The summed E-state index contributed by atoms with van der Waals surface area (Å²) >= 11 is 0. The van der Waals surface area contributed by atoms with Crippen molar-refractivity contribution in [2.24, 2.45) is 0 Å². The van der Waals surface area contributed by atoms with E-state index in [1.54, 1.807) is 0 Å². The first-order chi connectivity index (χ1) is 9.81. The van der Waals surface area contributed by atoms with Gasteiger partial charge in [-0.15, -0.1) is 0 Å². The lowest BCUT2D eigenvalue weighted by molar-refractivity contribution is 0.0696. The molecular weight excluding hydrogens is 297 g/mol. The van der Waals surface area contributed by atoms with E-state index < -0.39 is 21.8 Å². The van der Waals surface area contributed by atoms with Crippen molar-refractivity contribution in [3.8, 4) is 0 Å². The van der Waals surface area contributed by atoms with Gasteiger partial charge in [0.15, 0.2) is 0 Å². The zero-order chi connectivity index (χ0) is 15.6. The van der Waals surface area contributed by atoms with Gasteiger partial charge in [-0.2, -0.15) is 0 Å². The summed E-state index contributed by atoms with van der Waals surface area (Å²) < 4.78 is 41.1. The molecule has 0 heterocycles. The van der Waals surface area contributed by atoms with E-state index in [-0.39, 0.29) is 22.1 Å². The predicted octanol–water partition coefficient (Wildman–Crippen LogP) is 2.44. The first-order valence-electron chi connectivity index (χ1n) is 6.87. The molecule has 1 fully saturated rings. The Morgan fingerprint density at radius 1 is 1.29 bits per heavy atom. The molecule has 0 spiro atoms. The second-order valence-corrected chi connectivity index (χ2v) is 7.02. The quantitative estimate of drug-likeness (QED) is 0.894. The van der Waals surface area contributed by atoms with Crippen molar-refractivity contribution < 1.29 is 22.7 Å². The molecule has 0 atom stereocenters. The molecule has 1 aliphatic rings. The Bertz CT molecular complexity index is 651. The van der Waals surface area contributed by atoms with Gasteiger partial charge in [-0.3, -0.25) is 0 Å². The van der Waals surface area contributed by atoms with Crippen LogP contribution in [0.1, 0.15) is 48.0 Å². The zero-order valence-electron chi connectivity index (χ0n) is 11.7. The fraction of sp³-hybridized carbons (Fsp3) is 0.500. The number of hydrogen-bond acceptors (Lipinski definition) is 3. The largest absolute Gasteiger partial charge is 0.478 e. The van der Waals surface area contributed by atoms with Crippen LogP contribution >= 0.6 is 0 Å². The Balaban J connectivity index is 2.36. The molecule has 1 aromatic carbocycles. The first kappa shape index (κ1) is 15.9. The molecule has 5 nitrogen and oxygen atoms in total. The minimum absolute atomic E-state index is 0.0664. The summed E-state index contributed by atoms with van der Waals surface area (Å²) in [5, 5.41) is 8.93. The fourth-order valence-electron chi connectivity index (χ4n) is 2.56. The summed E-state index contributed by atoms with van der Waals surface area (Å²) in [6, 6.07) is 1.67. The van der Waals surface area contributed by atoms with Crippen molar-refractivity contribution >= 4 is 16.0 Å². The van der Waals surface area contributed by atoms with E-state index in [4.69, 9.17) is 5.11 Å². The molecule has 1 aromatic rings. The van der Waals surface area contributed by atoms with Gasteiger partial charge in [-0.05, 0) is 31.9 Å². The number of rotatable bonds is 4. The third-order valence-electron chi connectivity index (χ3n) is 3.76. The van der Waals surface area contributed by atoms with Crippen molar-refractivity contribution in [1.82, 2.24) is 4.72 Å². The molecule has 0 aliphatic heterocycles. The molecule has 0 radical (unpaired) electrons. The van der Waals surface area contributed by atoms with E-state index in [9.17, 15) is 17.6 Å². The third-order valence-corrected chi connectivity index (χ3v) is 5.41. The number of hydrogen-bond donors (Lipinski definition) is 2. The number of nitrogens with one attached hydrogen (secondary N) is 1. The van der Waals surface area contributed by atoms with Gasteiger partial charge in [-0.25, -0.2) is 22.3 Å². The lowest BCUT2D eigenvalue weighted by atomic mass is 9.96. The molecule has 7 heteroatoms. The molecule has 0 amide bonds. The lowest BCUT2D eigenvalue weighted by Crippen LogP contribution is -2.36. The Hall–Kier alpha value is -1.47. The van der Waals surface area contributed by atoms with Crippen LogP contribution in [-0.2, 0) is 10.0 Å². The standard InChI is InChI=1S/C14H18FNO4S/c1-9-12(15)7-10(14(17)18)8-13(9)21(19,20)16-11-5-3-2-4-6-11/h7-8,11,16H,2-6H2,1H3,(H,17,18). The van der Waals surface area contributed by atoms with Gasteiger partial charge in [0.25, 0.3) is 0 Å². The van der Waals surface area contributed by atoms with Crippen LogP contribution in [0.5, 0.6) is 0 Å². The van der Waals surface area contributed by atoms with Crippen molar-refractivity contribution in [2.45, 2.75) is 50.0 Å². The molecule has 0 saturated heterocycles. The second-order valence-electron chi connectivity index (χ2n) is 5.34. The van der Waals surface area contributed by atoms with Crippen LogP contribution in [0, 0.1) is 12.7 Å². The molecule has 116 valence electrons. The Morgan fingerprint density at radius 2 is 1.90 bits per heavy atom. The zero-order valence-corrected chi connectivity index (χ0v) is 12.5. The van der Waals surface area contributed by atoms with E-state index >= 15 is 0 Å². The van der Waals surface area contributed by atoms with Crippen molar-refractivity contribution in [1.29, 1.82) is 0 Å². The Kier molecular flexibility index (Phi) is 4.63. The molecule has 1 saturated carbocycles. The molecular formula is C14H18FNO4S. The number of aromatic carboxylic acids is 1. The molecule has 0 bridgehead atoms. The molecule has 21 heavy (non-hydrogen) atoms. The van der Waals surface area contributed by atoms with Crippen LogP contribution in [0.4, 0.5) is 4.39 Å². The van der Waals surface area contributed by atoms with Crippen LogP contribution in [0.2, 0.25) is 0 Å². The summed E-state index contributed by atoms with van der Waals surface area (Å²) in [6.45, 7) is 1.33. The van der Waals surface area contributed by atoms with E-state index in [1.807, 2.05) is 0 Å². The van der Waals surface area contributed by atoms with Gasteiger partial charge >= 0.3 is 5.97 Å². The number of carboxylic acids is 1. The van der Waals surface area contributed by atoms with Crippen LogP contribution in [-0.4, -0.2) is 25.5 Å². The molecule has 2 rings (SSSR count). The van der Waals surface area contributed by atoms with Gasteiger partial charge in [0, 0.05) is 11.6 Å². The van der Waals surface area contributed by atoms with Gasteiger partial charge in [-0.1, -0.05) is 19.3 Å². The smallest absolute Gasteiger partial charge is 0.335 e. The molecule has 0 unspecified atom stereocenters. The van der Waals surface area contributed by atoms with Gasteiger partial charge < -0.3 is 5.11 Å². The molecule has 0 aromatic heterocycles. The summed E-state index contributed by atoms with van der Waals surface area (Å²) in [6.07, 6.45) is 4.49. The highest BCUT2D eigenvalue weighted by atomic mass is 32.2. The number of carbonyl (C=O) groups is 1. The van der Waals surface area contributed by atoms with Crippen LogP contribution in [0.15, 0.2) is 17.0 Å². The molecule has 1 aliphatic carbocycles. The highest BCUT2D eigenvalue weighted by Gasteiger charge is 2.25. The van der Waals surface area contributed by atoms with Crippen molar-refractivity contribution in [2.75, 3.05) is 0 Å². The van der Waals surface area contributed by atoms with Gasteiger partial charge in [0.05, 0.1) is 10.5 Å². The van der Waals surface area contributed by atoms with E-state index in [2.05, 4.69) is 4.72 Å². The number of carboxylic acid groups (broad SMARTS) is 1. The minimum atomic E-state index is -3.92. The highest BCUT2D eigenvalue weighted by molar-refractivity contribution is 7.89. The summed E-state index contributed by atoms with van der Waals surface area (Å²) in [5.41, 5.74) is -0.439. The second kappa shape index (κ2) is 6.11. The first-order valence-corrected chi connectivity index (χ1v) is 8.35. The van der Waals surface area contributed by atoms with Crippen molar-refractivity contribution in [3.05, 3.63) is 29.1 Å². The van der Waals surface area contributed by atoms with Crippen LogP contribution in [0.3, 0.4) is 0 Å². The average Bonchev–Trinajstić information content (AvgIpc) is 2.41. The van der Waals surface area contributed by atoms with Gasteiger partial charge in [0.2, 0.25) is 10.0 Å². The van der Waals surface area contributed by atoms with Gasteiger partial charge in [0.1, 0.15) is 5.82 Å². The molecule has 2 N–H and O–H groups in total. The van der Waals surface area contributed by atoms with E-state index in [0.29, 0.717) is 0 Å². The number of benzene rings is 1. The SMILES string of the molecule is Cc1c(F)cc(C(=O)O)cc1S(=O)(=O)NC1CCCCC1. The highest BCUT2D eigenvalue weighted by Crippen LogP contribution is 2.24. The summed E-state index contributed by atoms with van der Waals surface area (Å²) in [7, 11) is -3.92. The Labute approximate surface area is 123 Å². The summed E-state index contributed by atoms with van der Waals surface area (Å²) in [4.78, 5) is 10.7. The average molecular weight is 315 g/mol. The Morgan fingerprint density at radius 3 is 2.48 bits per heavy atom. The monoisotopic (exact) mass is 315 g/mol. The third kappa shape index (κ3) is 3.59. The fourth-order valence-corrected chi connectivity index (χ4v) is 4.14.